The molecule has 1 rings (SSSR count). The van der Waals surface area contributed by atoms with Crippen LogP contribution in [0.15, 0.2) is 18.2 Å². The van der Waals surface area contributed by atoms with Crippen molar-refractivity contribution in [1.82, 2.24) is 0 Å². The van der Waals surface area contributed by atoms with Gasteiger partial charge in [0.25, 0.3) is 0 Å². The van der Waals surface area contributed by atoms with E-state index in [1.54, 1.807) is 18.2 Å². The van der Waals surface area contributed by atoms with E-state index in [2.05, 4.69) is 0 Å². The Labute approximate surface area is 88.7 Å². The fourth-order valence-electron chi connectivity index (χ4n) is 1.56. The van der Waals surface area contributed by atoms with Gasteiger partial charge in [-0.3, -0.25) is 0 Å². The Morgan fingerprint density at radius 1 is 1.53 bits per heavy atom. The van der Waals surface area contributed by atoms with Crippen molar-refractivity contribution in [2.24, 2.45) is 5.73 Å². The van der Waals surface area contributed by atoms with Crippen molar-refractivity contribution in [2.75, 3.05) is 13.7 Å². The van der Waals surface area contributed by atoms with Crippen molar-refractivity contribution in [3.8, 4) is 5.75 Å². The van der Waals surface area contributed by atoms with Crippen LogP contribution < -0.4 is 10.5 Å². The quantitative estimate of drug-likeness (QED) is 0.800. The van der Waals surface area contributed by atoms with Crippen molar-refractivity contribution in [1.29, 1.82) is 0 Å². The Morgan fingerprint density at radius 3 is 2.67 bits per heavy atom. The molecule has 2 unspecified atom stereocenters. The summed E-state index contributed by atoms with van der Waals surface area (Å²) in [6.45, 7) is 1.46. The highest BCUT2D eigenvalue weighted by Crippen LogP contribution is 2.33. The highest BCUT2D eigenvalue weighted by molar-refractivity contribution is 5.43. The molecule has 4 heteroatoms. The highest BCUT2D eigenvalue weighted by Gasteiger charge is 2.19. The fourth-order valence-corrected chi connectivity index (χ4v) is 1.56. The molecular formula is C11H16FNO2. The Kier molecular flexibility index (Phi) is 4.05. The molecule has 3 nitrogen and oxygen atoms in total. The van der Waals surface area contributed by atoms with E-state index in [1.807, 2.05) is 0 Å². The average Bonchev–Trinajstić information content (AvgIpc) is 2.26. The van der Waals surface area contributed by atoms with Crippen LogP contribution in [0.4, 0.5) is 4.39 Å². The normalized spacial score (nSPS) is 14.7. The van der Waals surface area contributed by atoms with Gasteiger partial charge in [0.05, 0.1) is 13.2 Å². The second kappa shape index (κ2) is 5.09. The van der Waals surface area contributed by atoms with Gasteiger partial charge in [-0.25, -0.2) is 4.39 Å². The standard InChI is InChI=1S/C11H16FNO2/c1-7(12)8-4-3-5-10(15-2)11(8)9(14)6-13/h3-5,7,9,14H,6,13H2,1-2H3. The van der Waals surface area contributed by atoms with Gasteiger partial charge in [0.1, 0.15) is 11.9 Å². The monoisotopic (exact) mass is 213 g/mol. The first-order valence-corrected chi connectivity index (χ1v) is 4.80. The molecular weight excluding hydrogens is 197 g/mol. The first-order valence-electron chi connectivity index (χ1n) is 4.80. The number of nitrogens with two attached hydrogens (primary N) is 1. The van der Waals surface area contributed by atoms with E-state index in [4.69, 9.17) is 10.5 Å². The third-order valence-electron chi connectivity index (χ3n) is 2.30. The van der Waals surface area contributed by atoms with Crippen molar-refractivity contribution in [2.45, 2.75) is 19.2 Å². The molecule has 84 valence electrons. The molecule has 0 radical (unpaired) electrons. The van der Waals surface area contributed by atoms with Gasteiger partial charge in [-0.2, -0.15) is 0 Å². The van der Waals surface area contributed by atoms with Gasteiger partial charge in [0.15, 0.2) is 0 Å². The number of aliphatic hydroxyl groups excluding tert-OH is 1. The van der Waals surface area contributed by atoms with Crippen LogP contribution in [0, 0.1) is 0 Å². The molecule has 0 fully saturated rings. The number of methoxy groups -OCH3 is 1. The summed E-state index contributed by atoms with van der Waals surface area (Å²) in [6, 6.07) is 5.00. The van der Waals surface area contributed by atoms with E-state index in [1.165, 1.54) is 14.0 Å². The van der Waals surface area contributed by atoms with E-state index in [-0.39, 0.29) is 6.54 Å². The van der Waals surface area contributed by atoms with Gasteiger partial charge < -0.3 is 15.6 Å². The Balaban J connectivity index is 3.26. The maximum atomic E-state index is 13.3. The van der Waals surface area contributed by atoms with Crippen LogP contribution in [0.5, 0.6) is 5.75 Å². The van der Waals surface area contributed by atoms with Crippen LogP contribution in [0.25, 0.3) is 0 Å². The van der Waals surface area contributed by atoms with Crippen LogP contribution >= 0.6 is 0 Å². The average molecular weight is 213 g/mol. The SMILES string of the molecule is COc1cccc(C(C)F)c1C(O)CN. The Morgan fingerprint density at radius 2 is 2.20 bits per heavy atom. The molecule has 0 aliphatic rings. The van der Waals surface area contributed by atoms with E-state index < -0.39 is 12.3 Å². The fraction of sp³-hybridized carbons (Fsp3) is 0.455. The highest BCUT2D eigenvalue weighted by atomic mass is 19.1. The molecule has 0 heterocycles. The van der Waals surface area contributed by atoms with Crippen LogP contribution in [0.3, 0.4) is 0 Å². The number of hydrogen-bond donors (Lipinski definition) is 2. The van der Waals surface area contributed by atoms with Crippen LogP contribution in [-0.2, 0) is 0 Å². The molecule has 15 heavy (non-hydrogen) atoms. The lowest BCUT2D eigenvalue weighted by Gasteiger charge is -2.18. The number of halogens is 1. The topological polar surface area (TPSA) is 55.5 Å². The van der Waals surface area contributed by atoms with E-state index in [0.29, 0.717) is 16.9 Å². The number of rotatable bonds is 4. The van der Waals surface area contributed by atoms with E-state index in [0.717, 1.165) is 0 Å². The summed E-state index contributed by atoms with van der Waals surface area (Å²) in [5.41, 5.74) is 6.23. The molecule has 0 aliphatic heterocycles. The van der Waals surface area contributed by atoms with Gasteiger partial charge in [0, 0.05) is 12.1 Å². The molecule has 0 aliphatic carbocycles. The van der Waals surface area contributed by atoms with Crippen LogP contribution in [-0.4, -0.2) is 18.8 Å². The molecule has 0 saturated heterocycles. The van der Waals surface area contributed by atoms with E-state index >= 15 is 0 Å². The summed E-state index contributed by atoms with van der Waals surface area (Å²) < 4.78 is 18.4. The lowest BCUT2D eigenvalue weighted by atomic mass is 9.98. The third-order valence-corrected chi connectivity index (χ3v) is 2.30. The molecule has 1 aromatic rings. The number of ether oxygens (including phenoxy) is 1. The van der Waals surface area contributed by atoms with Gasteiger partial charge in [0.2, 0.25) is 0 Å². The maximum absolute atomic E-state index is 13.3. The molecule has 0 aromatic heterocycles. The van der Waals surface area contributed by atoms with E-state index in [9.17, 15) is 9.50 Å². The summed E-state index contributed by atoms with van der Waals surface area (Å²) >= 11 is 0. The summed E-state index contributed by atoms with van der Waals surface area (Å²) in [5, 5.41) is 9.70. The minimum Gasteiger partial charge on any atom is -0.496 e. The zero-order valence-corrected chi connectivity index (χ0v) is 8.90. The molecule has 1 aromatic carbocycles. The zero-order valence-electron chi connectivity index (χ0n) is 8.90. The predicted octanol–water partition coefficient (Wildman–Crippen LogP) is 1.72. The molecule has 0 saturated carbocycles. The van der Waals surface area contributed by atoms with Crippen molar-refractivity contribution >= 4 is 0 Å². The third kappa shape index (κ3) is 2.46. The number of hydrogen-bond acceptors (Lipinski definition) is 3. The van der Waals surface area contributed by atoms with Gasteiger partial charge in [-0.05, 0) is 18.6 Å². The smallest absolute Gasteiger partial charge is 0.125 e. The predicted molar refractivity (Wildman–Crippen MR) is 56.5 cm³/mol. The summed E-state index contributed by atoms with van der Waals surface area (Å²) in [4.78, 5) is 0. The van der Waals surface area contributed by atoms with Crippen LogP contribution in [0.2, 0.25) is 0 Å². The van der Waals surface area contributed by atoms with Crippen molar-refractivity contribution in [3.05, 3.63) is 29.3 Å². The Bertz CT molecular complexity index is 328. The minimum absolute atomic E-state index is 0.0418. The van der Waals surface area contributed by atoms with Crippen LogP contribution in [0.1, 0.15) is 30.3 Å². The number of aliphatic hydroxyl groups is 1. The number of alkyl halides is 1. The molecule has 0 bridgehead atoms. The summed E-state index contributed by atoms with van der Waals surface area (Å²) in [6.07, 6.45) is -2.05. The first-order chi connectivity index (χ1) is 7.11. The van der Waals surface area contributed by atoms with Crippen molar-refractivity contribution < 1.29 is 14.2 Å². The first kappa shape index (κ1) is 11.9. The summed E-state index contributed by atoms with van der Waals surface area (Å²) in [7, 11) is 1.48. The lowest BCUT2D eigenvalue weighted by Crippen LogP contribution is -2.15. The molecule has 2 atom stereocenters. The minimum atomic E-state index is -1.16. The number of benzene rings is 1. The Hall–Kier alpha value is -1.13. The molecule has 0 amide bonds. The molecule has 3 N–H and O–H groups in total. The second-order valence-electron chi connectivity index (χ2n) is 3.33. The maximum Gasteiger partial charge on any atom is 0.125 e. The largest absolute Gasteiger partial charge is 0.496 e. The second-order valence-corrected chi connectivity index (χ2v) is 3.33. The zero-order chi connectivity index (χ0) is 11.4. The molecule has 0 spiro atoms. The van der Waals surface area contributed by atoms with Gasteiger partial charge in [-0.1, -0.05) is 12.1 Å². The lowest BCUT2D eigenvalue weighted by molar-refractivity contribution is 0.178. The van der Waals surface area contributed by atoms with Gasteiger partial charge >= 0.3 is 0 Å². The van der Waals surface area contributed by atoms with Crippen molar-refractivity contribution in [3.63, 3.8) is 0 Å². The summed E-state index contributed by atoms with van der Waals surface area (Å²) in [5.74, 6) is 0.468. The van der Waals surface area contributed by atoms with Gasteiger partial charge in [-0.15, -0.1) is 0 Å².